The molecule has 0 aliphatic heterocycles. The SMILES string of the molecule is COc1c(NC(C)(C)C)c2c(c3c1[C@@H](O[Si](C)(C)C)[C@H]3O[Si](C)(C)C)CCCC2. The van der Waals surface area contributed by atoms with Crippen LogP contribution in [0.3, 0.4) is 0 Å². The van der Waals surface area contributed by atoms with E-state index in [0.717, 1.165) is 18.6 Å². The van der Waals surface area contributed by atoms with E-state index in [0.29, 0.717) is 0 Å². The minimum Gasteiger partial charge on any atom is -0.494 e. The van der Waals surface area contributed by atoms with Crippen LogP contribution in [0.4, 0.5) is 5.69 Å². The molecule has 0 saturated carbocycles. The molecule has 2 aliphatic carbocycles. The van der Waals surface area contributed by atoms with Crippen molar-refractivity contribution in [2.24, 2.45) is 0 Å². The van der Waals surface area contributed by atoms with Crippen molar-refractivity contribution in [3.63, 3.8) is 0 Å². The van der Waals surface area contributed by atoms with Crippen molar-refractivity contribution in [2.45, 2.75) is 103 Å². The Kier molecular flexibility index (Phi) is 6.07. The lowest BCUT2D eigenvalue weighted by molar-refractivity contribution is 0.00860. The number of rotatable bonds is 6. The summed E-state index contributed by atoms with van der Waals surface area (Å²) < 4.78 is 19.5. The fraction of sp³-hybridized carbons (Fsp3) is 0.739. The Balaban J connectivity index is 2.21. The standard InChI is InChI=1S/C23H41NO3Si2/c1-23(2,3)24-19-16-14-12-11-13-15(16)17-18(20(19)25-4)22(27-29(8,9)10)21(17)26-28(5,6)7/h21-22,24H,11-14H2,1-10H3/t21-,22+/m0/s1. The van der Waals surface area contributed by atoms with Crippen LogP contribution in [0.5, 0.6) is 5.75 Å². The van der Waals surface area contributed by atoms with Gasteiger partial charge >= 0.3 is 0 Å². The molecule has 0 saturated heterocycles. The van der Waals surface area contributed by atoms with E-state index in [9.17, 15) is 0 Å². The quantitative estimate of drug-likeness (QED) is 0.512. The molecule has 4 nitrogen and oxygen atoms in total. The highest BCUT2D eigenvalue weighted by Crippen LogP contribution is 2.59. The fourth-order valence-corrected chi connectivity index (χ4v) is 6.58. The maximum absolute atomic E-state index is 6.73. The van der Waals surface area contributed by atoms with Crippen molar-refractivity contribution in [1.29, 1.82) is 0 Å². The van der Waals surface area contributed by atoms with Gasteiger partial charge in [0.1, 0.15) is 18.0 Å². The number of hydrogen-bond acceptors (Lipinski definition) is 4. The van der Waals surface area contributed by atoms with Gasteiger partial charge in [-0.05, 0) is 102 Å². The average Bonchev–Trinajstić information content (AvgIpc) is 2.55. The predicted molar refractivity (Wildman–Crippen MR) is 127 cm³/mol. The third-order valence-corrected chi connectivity index (χ3v) is 7.29. The normalized spacial score (nSPS) is 21.9. The summed E-state index contributed by atoms with van der Waals surface area (Å²) >= 11 is 0. The number of hydrogen-bond donors (Lipinski definition) is 1. The molecule has 6 heteroatoms. The lowest BCUT2D eigenvalue weighted by Crippen LogP contribution is -2.43. The molecule has 0 fully saturated rings. The summed E-state index contributed by atoms with van der Waals surface area (Å²) in [5.41, 5.74) is 6.71. The first-order valence-electron chi connectivity index (χ1n) is 11.1. The predicted octanol–water partition coefficient (Wildman–Crippen LogP) is 6.58. The topological polar surface area (TPSA) is 39.7 Å². The maximum atomic E-state index is 6.73. The molecule has 0 unspecified atom stereocenters. The van der Waals surface area contributed by atoms with Crippen LogP contribution in [0, 0.1) is 0 Å². The molecule has 29 heavy (non-hydrogen) atoms. The van der Waals surface area contributed by atoms with E-state index in [-0.39, 0.29) is 17.7 Å². The van der Waals surface area contributed by atoms with Gasteiger partial charge in [0.05, 0.1) is 12.8 Å². The molecule has 0 spiro atoms. The second kappa shape index (κ2) is 7.70. The summed E-state index contributed by atoms with van der Waals surface area (Å²) in [5.74, 6) is 0.981. The smallest absolute Gasteiger partial charge is 0.184 e. The van der Waals surface area contributed by atoms with Gasteiger partial charge in [0.25, 0.3) is 0 Å². The zero-order valence-corrected chi connectivity index (χ0v) is 22.2. The van der Waals surface area contributed by atoms with Crippen molar-refractivity contribution >= 4 is 22.3 Å². The van der Waals surface area contributed by atoms with E-state index in [1.54, 1.807) is 7.11 Å². The van der Waals surface area contributed by atoms with Gasteiger partial charge in [0.15, 0.2) is 16.6 Å². The largest absolute Gasteiger partial charge is 0.494 e. The van der Waals surface area contributed by atoms with Gasteiger partial charge in [0.2, 0.25) is 0 Å². The maximum Gasteiger partial charge on any atom is 0.184 e. The van der Waals surface area contributed by atoms with Crippen LogP contribution in [0.25, 0.3) is 0 Å². The van der Waals surface area contributed by atoms with Gasteiger partial charge < -0.3 is 18.9 Å². The van der Waals surface area contributed by atoms with Gasteiger partial charge in [-0.3, -0.25) is 0 Å². The van der Waals surface area contributed by atoms with Crippen molar-refractivity contribution in [1.82, 2.24) is 0 Å². The van der Waals surface area contributed by atoms with E-state index in [2.05, 4.69) is 65.4 Å². The molecule has 3 rings (SSSR count). The van der Waals surface area contributed by atoms with Gasteiger partial charge in [-0.1, -0.05) is 0 Å². The van der Waals surface area contributed by atoms with Gasteiger partial charge in [-0.15, -0.1) is 0 Å². The molecule has 0 heterocycles. The molecular formula is C23H41NO3Si2. The summed E-state index contributed by atoms with van der Waals surface area (Å²) in [4.78, 5) is 0. The number of ether oxygens (including phenoxy) is 1. The summed E-state index contributed by atoms with van der Waals surface area (Å²) in [6, 6.07) is 0. The third-order valence-electron chi connectivity index (χ3n) is 5.37. The average molecular weight is 436 g/mol. The van der Waals surface area contributed by atoms with Crippen LogP contribution in [0.1, 0.15) is 68.1 Å². The molecule has 0 bridgehead atoms. The molecule has 2 aliphatic rings. The first-order valence-corrected chi connectivity index (χ1v) is 17.9. The van der Waals surface area contributed by atoms with Crippen molar-refractivity contribution in [3.8, 4) is 5.75 Å². The summed E-state index contributed by atoms with van der Waals surface area (Å²) in [7, 11) is -1.67. The van der Waals surface area contributed by atoms with E-state index in [4.69, 9.17) is 13.6 Å². The Morgan fingerprint density at radius 2 is 1.28 bits per heavy atom. The number of benzene rings is 1. The van der Waals surface area contributed by atoms with E-state index < -0.39 is 16.6 Å². The van der Waals surface area contributed by atoms with Crippen molar-refractivity contribution in [2.75, 3.05) is 12.4 Å². The molecule has 2 atom stereocenters. The summed E-state index contributed by atoms with van der Waals surface area (Å²) in [6.45, 7) is 20.2. The Hall–Kier alpha value is -0.826. The number of anilines is 1. The molecule has 1 N–H and O–H groups in total. The van der Waals surface area contributed by atoms with Crippen LogP contribution in [0.2, 0.25) is 39.3 Å². The van der Waals surface area contributed by atoms with Crippen LogP contribution in [-0.2, 0) is 21.7 Å². The van der Waals surface area contributed by atoms with E-state index in [1.807, 2.05) is 0 Å². The number of fused-ring (bicyclic) bond motifs is 3. The molecule has 164 valence electrons. The molecule has 0 radical (unpaired) electrons. The number of methoxy groups -OCH3 is 1. The van der Waals surface area contributed by atoms with Crippen LogP contribution >= 0.6 is 0 Å². The number of nitrogens with one attached hydrogen (secondary N) is 1. The monoisotopic (exact) mass is 435 g/mol. The molecule has 1 aromatic rings. The van der Waals surface area contributed by atoms with Crippen molar-refractivity contribution < 1.29 is 13.6 Å². The highest BCUT2D eigenvalue weighted by molar-refractivity contribution is 6.70. The van der Waals surface area contributed by atoms with Gasteiger partial charge in [-0.25, -0.2) is 0 Å². The lowest BCUT2D eigenvalue weighted by atomic mass is 9.72. The van der Waals surface area contributed by atoms with E-state index >= 15 is 0 Å². The van der Waals surface area contributed by atoms with Crippen LogP contribution in [-0.4, -0.2) is 29.3 Å². The molecular weight excluding hydrogens is 394 g/mol. The Morgan fingerprint density at radius 1 is 0.793 bits per heavy atom. The van der Waals surface area contributed by atoms with Gasteiger partial charge in [0, 0.05) is 11.1 Å². The summed E-state index contributed by atoms with van der Waals surface area (Å²) in [5, 5.41) is 3.78. The van der Waals surface area contributed by atoms with Crippen LogP contribution in [0.15, 0.2) is 0 Å². The Bertz CT molecular complexity index is 773. The first-order chi connectivity index (χ1) is 13.2. The Labute approximate surface area is 180 Å². The molecule has 0 amide bonds. The zero-order chi connectivity index (χ0) is 21.8. The van der Waals surface area contributed by atoms with Crippen molar-refractivity contribution in [3.05, 3.63) is 22.3 Å². The second-order valence-corrected chi connectivity index (χ2v) is 20.5. The zero-order valence-electron chi connectivity index (χ0n) is 20.2. The van der Waals surface area contributed by atoms with E-state index in [1.165, 1.54) is 40.8 Å². The Morgan fingerprint density at radius 3 is 1.72 bits per heavy atom. The highest BCUT2D eigenvalue weighted by Gasteiger charge is 2.49. The van der Waals surface area contributed by atoms with Crippen LogP contribution < -0.4 is 10.1 Å². The minimum atomic E-state index is -1.75. The minimum absolute atomic E-state index is 0.0221. The summed E-state index contributed by atoms with van der Waals surface area (Å²) in [6.07, 6.45) is 4.75. The lowest BCUT2D eigenvalue weighted by Gasteiger charge is -2.48. The highest BCUT2D eigenvalue weighted by atomic mass is 28.4. The third kappa shape index (κ3) is 4.92. The van der Waals surface area contributed by atoms with Gasteiger partial charge in [-0.2, -0.15) is 0 Å². The fourth-order valence-electron chi connectivity index (χ4n) is 4.57. The first kappa shape index (κ1) is 22.8. The molecule has 1 aromatic carbocycles. The second-order valence-electron chi connectivity index (χ2n) is 11.6. The molecule has 0 aromatic heterocycles.